The fourth-order valence-electron chi connectivity index (χ4n) is 9.98. The minimum atomic E-state index is -0.134. The van der Waals surface area contributed by atoms with Crippen LogP contribution in [0.3, 0.4) is 0 Å². The van der Waals surface area contributed by atoms with Gasteiger partial charge < -0.3 is 24.0 Å². The van der Waals surface area contributed by atoms with Gasteiger partial charge in [-0.05, 0) is 89.8 Å². The summed E-state index contributed by atoms with van der Waals surface area (Å²) >= 11 is 0. The fourth-order valence-corrected chi connectivity index (χ4v) is 9.98. The van der Waals surface area contributed by atoms with Crippen LogP contribution in [-0.4, -0.2) is 80.4 Å². The Morgan fingerprint density at radius 2 is 0.889 bits per heavy atom. The first-order valence-electron chi connectivity index (χ1n) is 27.8. The van der Waals surface area contributed by atoms with Crippen LogP contribution in [0.1, 0.15) is 265 Å². The Morgan fingerprint density at radius 3 is 1.40 bits per heavy atom. The largest absolute Gasteiger partial charge is 0.466 e. The predicted octanol–water partition coefficient (Wildman–Crippen LogP) is 15.6. The third kappa shape index (κ3) is 29.4. The number of carbonyl (C=O) groups excluding carboxylic acids is 3. The number of hydrogen-bond acceptors (Lipinski definition) is 7. The highest BCUT2D eigenvalue weighted by molar-refractivity contribution is 5.72. The minimum absolute atomic E-state index is 0.0197. The first-order valence-corrected chi connectivity index (χ1v) is 27.8. The van der Waals surface area contributed by atoms with Crippen molar-refractivity contribution in [3.05, 3.63) is 0 Å². The number of amides is 1. The zero-order valence-electron chi connectivity index (χ0n) is 42.3. The van der Waals surface area contributed by atoms with Crippen molar-refractivity contribution in [1.29, 1.82) is 0 Å². The van der Waals surface area contributed by atoms with E-state index in [4.69, 9.17) is 14.2 Å². The predicted molar refractivity (Wildman–Crippen MR) is 264 cm³/mol. The van der Waals surface area contributed by atoms with E-state index in [-0.39, 0.29) is 29.4 Å². The van der Waals surface area contributed by atoms with E-state index < -0.39 is 0 Å². The van der Waals surface area contributed by atoms with Gasteiger partial charge in [0.25, 0.3) is 0 Å². The second-order valence-corrected chi connectivity index (χ2v) is 20.3. The van der Waals surface area contributed by atoms with Gasteiger partial charge in [0.1, 0.15) is 0 Å². The van der Waals surface area contributed by atoms with E-state index in [0.29, 0.717) is 32.2 Å². The van der Waals surface area contributed by atoms with Crippen LogP contribution in [-0.2, 0) is 23.8 Å². The molecule has 0 spiro atoms. The lowest BCUT2D eigenvalue weighted by Gasteiger charge is -2.48. The van der Waals surface area contributed by atoms with Gasteiger partial charge in [0, 0.05) is 24.9 Å². The van der Waals surface area contributed by atoms with Crippen molar-refractivity contribution < 1.29 is 28.6 Å². The number of esters is 2. The van der Waals surface area contributed by atoms with Gasteiger partial charge in [0.05, 0.1) is 25.7 Å². The molecule has 3 aliphatic heterocycles. The number of ether oxygens (including phenoxy) is 3. The highest BCUT2D eigenvalue weighted by Crippen LogP contribution is 2.40. The van der Waals surface area contributed by atoms with E-state index in [0.717, 1.165) is 148 Å². The van der Waals surface area contributed by atoms with Gasteiger partial charge in [-0.15, -0.1) is 0 Å². The molecule has 0 aliphatic carbocycles. The fraction of sp³-hybridized carbons (Fsp3) is 0.945. The maximum atomic E-state index is 13.5. The second-order valence-electron chi connectivity index (χ2n) is 20.3. The molecular formula is C55H104N2O6. The lowest BCUT2D eigenvalue weighted by molar-refractivity contribution is -0.149. The van der Waals surface area contributed by atoms with Crippen molar-refractivity contribution in [3.8, 4) is 0 Å². The monoisotopic (exact) mass is 889 g/mol. The van der Waals surface area contributed by atoms with Crippen LogP contribution in [0.15, 0.2) is 0 Å². The second kappa shape index (κ2) is 39.3. The van der Waals surface area contributed by atoms with Crippen LogP contribution in [0, 0.1) is 17.3 Å². The molecule has 1 unspecified atom stereocenters. The molecule has 8 nitrogen and oxygen atoms in total. The number of fused-ring (bicyclic) bond motifs is 3. The molecule has 0 radical (unpaired) electrons. The summed E-state index contributed by atoms with van der Waals surface area (Å²) in [5.41, 5.74) is 0.177. The smallest absolute Gasteiger partial charge is 0.409 e. The number of hydrogen-bond donors (Lipinski definition) is 0. The third-order valence-electron chi connectivity index (χ3n) is 14.6. The van der Waals surface area contributed by atoms with Crippen molar-refractivity contribution in [2.24, 2.45) is 17.3 Å². The zero-order chi connectivity index (χ0) is 45.5. The van der Waals surface area contributed by atoms with Crippen LogP contribution >= 0.6 is 0 Å². The third-order valence-corrected chi connectivity index (χ3v) is 14.6. The molecule has 2 bridgehead atoms. The van der Waals surface area contributed by atoms with E-state index >= 15 is 0 Å². The molecule has 3 heterocycles. The molecule has 0 aromatic carbocycles. The lowest BCUT2D eigenvalue weighted by atomic mass is 9.73. The Kier molecular flexibility index (Phi) is 35.8. The SMILES string of the molecule is CCCCCCCCC(CCCCCC)C(=O)OCCCCCCCN(CCCCCCCOC(=O)CCC(CCCCCC)CCCCCC)C(=O)OCC12CCN(CC1)CC2. The molecule has 1 atom stereocenters. The molecule has 0 saturated carbocycles. The summed E-state index contributed by atoms with van der Waals surface area (Å²) < 4.78 is 17.6. The number of nitrogens with zero attached hydrogens (tertiary/aromatic N) is 2. The summed E-state index contributed by atoms with van der Waals surface area (Å²) in [6, 6.07) is 0. The van der Waals surface area contributed by atoms with Gasteiger partial charge in [0.2, 0.25) is 0 Å². The first-order chi connectivity index (χ1) is 30.9. The summed E-state index contributed by atoms with van der Waals surface area (Å²) in [6.45, 7) is 15.5. The maximum Gasteiger partial charge on any atom is 0.409 e. The van der Waals surface area contributed by atoms with Crippen molar-refractivity contribution in [2.75, 3.05) is 52.5 Å². The summed E-state index contributed by atoms with van der Waals surface area (Å²) in [4.78, 5) is 43.7. The van der Waals surface area contributed by atoms with Crippen molar-refractivity contribution in [1.82, 2.24) is 9.80 Å². The Labute approximate surface area is 390 Å². The highest BCUT2D eigenvalue weighted by Gasteiger charge is 2.40. The highest BCUT2D eigenvalue weighted by atomic mass is 16.6. The van der Waals surface area contributed by atoms with E-state index in [2.05, 4.69) is 32.6 Å². The zero-order valence-corrected chi connectivity index (χ0v) is 42.3. The molecule has 8 heteroatoms. The molecule has 63 heavy (non-hydrogen) atoms. The molecule has 3 fully saturated rings. The van der Waals surface area contributed by atoms with Gasteiger partial charge in [-0.25, -0.2) is 4.79 Å². The Hall–Kier alpha value is -1.83. The van der Waals surface area contributed by atoms with Crippen molar-refractivity contribution in [3.63, 3.8) is 0 Å². The molecule has 0 N–H and O–H groups in total. The molecule has 0 aromatic rings. The number of carbonyl (C=O) groups is 3. The van der Waals surface area contributed by atoms with Crippen molar-refractivity contribution in [2.45, 2.75) is 265 Å². The maximum absolute atomic E-state index is 13.5. The van der Waals surface area contributed by atoms with E-state index in [1.165, 1.54) is 116 Å². The van der Waals surface area contributed by atoms with Crippen LogP contribution in [0.5, 0.6) is 0 Å². The Morgan fingerprint density at radius 1 is 0.476 bits per heavy atom. The molecule has 3 rings (SSSR count). The average molecular weight is 889 g/mol. The molecule has 0 aromatic heterocycles. The molecule has 3 aliphatic rings. The summed E-state index contributed by atoms with van der Waals surface area (Å²) in [5.74, 6) is 0.741. The van der Waals surface area contributed by atoms with Crippen LogP contribution < -0.4 is 0 Å². The van der Waals surface area contributed by atoms with Gasteiger partial charge in [-0.3, -0.25) is 9.59 Å². The Bertz CT molecular complexity index is 1070. The molecule has 3 saturated heterocycles. The summed E-state index contributed by atoms with van der Waals surface area (Å²) in [6.07, 6.45) is 42.2. The summed E-state index contributed by atoms with van der Waals surface area (Å²) in [7, 11) is 0. The first kappa shape index (κ1) is 57.3. The van der Waals surface area contributed by atoms with Crippen LogP contribution in [0.2, 0.25) is 0 Å². The van der Waals surface area contributed by atoms with Gasteiger partial charge in [-0.2, -0.15) is 0 Å². The van der Waals surface area contributed by atoms with Crippen molar-refractivity contribution >= 4 is 18.0 Å². The minimum Gasteiger partial charge on any atom is -0.466 e. The normalized spacial score (nSPS) is 17.6. The van der Waals surface area contributed by atoms with Gasteiger partial charge >= 0.3 is 18.0 Å². The quantitative estimate of drug-likeness (QED) is 0.0342. The van der Waals surface area contributed by atoms with E-state index in [9.17, 15) is 14.4 Å². The number of rotatable bonds is 44. The van der Waals surface area contributed by atoms with Crippen LogP contribution in [0.4, 0.5) is 4.79 Å². The summed E-state index contributed by atoms with van der Waals surface area (Å²) in [5, 5.41) is 0. The van der Waals surface area contributed by atoms with Crippen LogP contribution in [0.25, 0.3) is 0 Å². The molecular weight excluding hydrogens is 785 g/mol. The standard InChI is InChI=1S/C55H104N2O6/c1-5-9-13-17-20-28-36-51(35-27-16-12-8-4)53(59)62-48-32-24-19-22-30-43-57(54(60)63-49-55-39-44-56(45-40-55)46-41-55)42-29-21-18-23-31-47-61-52(58)38-37-50(33-25-14-10-6-2)34-26-15-11-7-3/h50-51H,5-49H2,1-4H3. The lowest BCUT2D eigenvalue weighted by Crippen LogP contribution is -2.50. The van der Waals surface area contributed by atoms with E-state index in [1.54, 1.807) is 0 Å². The molecule has 1 amide bonds. The number of piperidine rings is 3. The average Bonchev–Trinajstić information content (AvgIpc) is 3.30. The van der Waals surface area contributed by atoms with Gasteiger partial charge in [-0.1, -0.05) is 195 Å². The molecule has 370 valence electrons. The topological polar surface area (TPSA) is 85.4 Å². The Balaban J connectivity index is 1.68. The van der Waals surface area contributed by atoms with E-state index in [1.807, 2.05) is 4.90 Å². The van der Waals surface area contributed by atoms with Gasteiger partial charge in [0.15, 0.2) is 0 Å². The number of unbranched alkanes of at least 4 members (excludes halogenated alkanes) is 22.